The van der Waals surface area contributed by atoms with Crippen LogP contribution in [0.2, 0.25) is 0 Å². The van der Waals surface area contributed by atoms with Gasteiger partial charge in [0.15, 0.2) is 0 Å². The van der Waals surface area contributed by atoms with Crippen molar-refractivity contribution in [3.8, 4) is 5.75 Å². The highest BCUT2D eigenvalue weighted by Crippen LogP contribution is 2.24. The molecule has 1 N–H and O–H groups in total. The minimum atomic E-state index is 0.762. The Labute approximate surface area is 115 Å². The summed E-state index contributed by atoms with van der Waals surface area (Å²) in [6.45, 7) is 3.41. The van der Waals surface area contributed by atoms with E-state index in [4.69, 9.17) is 4.74 Å². The van der Waals surface area contributed by atoms with Crippen molar-refractivity contribution in [2.45, 2.75) is 31.7 Å². The third-order valence-electron chi connectivity index (χ3n) is 4.07. The van der Waals surface area contributed by atoms with Crippen LogP contribution in [0.15, 0.2) is 18.3 Å². The van der Waals surface area contributed by atoms with Crippen LogP contribution in [0.3, 0.4) is 0 Å². The van der Waals surface area contributed by atoms with Gasteiger partial charge in [-0.2, -0.15) is 0 Å². The molecule has 2 fully saturated rings. The van der Waals surface area contributed by atoms with Gasteiger partial charge < -0.3 is 15.0 Å². The predicted octanol–water partition coefficient (Wildman–Crippen LogP) is 2.06. The van der Waals surface area contributed by atoms with E-state index in [-0.39, 0.29) is 0 Å². The Morgan fingerprint density at radius 2 is 2.26 bits per heavy atom. The summed E-state index contributed by atoms with van der Waals surface area (Å²) in [4.78, 5) is 6.90. The molecule has 0 amide bonds. The van der Waals surface area contributed by atoms with Crippen LogP contribution in [0.1, 0.15) is 25.7 Å². The van der Waals surface area contributed by atoms with E-state index < -0.39 is 0 Å². The van der Waals surface area contributed by atoms with E-state index in [2.05, 4.69) is 21.3 Å². The molecule has 2 heterocycles. The summed E-state index contributed by atoms with van der Waals surface area (Å²) in [5, 5.41) is 3.65. The zero-order valence-corrected chi connectivity index (χ0v) is 11.6. The van der Waals surface area contributed by atoms with E-state index in [9.17, 15) is 0 Å². The molecular formula is C15H23N3O. The molecule has 0 radical (unpaired) electrons. The Bertz CT molecular complexity index is 402. The smallest absolute Gasteiger partial charge is 0.137 e. The van der Waals surface area contributed by atoms with Crippen LogP contribution < -0.4 is 15.0 Å². The second kappa shape index (κ2) is 5.78. The van der Waals surface area contributed by atoms with Gasteiger partial charge in [0.25, 0.3) is 0 Å². The van der Waals surface area contributed by atoms with Gasteiger partial charge in [-0.25, -0.2) is 4.98 Å². The number of nitrogens with one attached hydrogen (secondary N) is 1. The lowest BCUT2D eigenvalue weighted by Crippen LogP contribution is -2.40. The van der Waals surface area contributed by atoms with Crippen LogP contribution in [0.5, 0.6) is 5.75 Å². The molecule has 1 aromatic heterocycles. The summed E-state index contributed by atoms with van der Waals surface area (Å²) >= 11 is 0. The highest BCUT2D eigenvalue weighted by molar-refractivity contribution is 5.41. The highest BCUT2D eigenvalue weighted by Gasteiger charge is 2.25. The molecule has 1 aliphatic heterocycles. The van der Waals surface area contributed by atoms with E-state index in [0.717, 1.165) is 43.2 Å². The monoisotopic (exact) mass is 261 g/mol. The number of rotatable bonds is 5. The minimum absolute atomic E-state index is 0.762. The Hall–Kier alpha value is -1.29. The highest BCUT2D eigenvalue weighted by atomic mass is 16.5. The zero-order valence-electron chi connectivity index (χ0n) is 11.6. The molecule has 3 rings (SSSR count). The van der Waals surface area contributed by atoms with Crippen LogP contribution in [0, 0.1) is 5.92 Å². The van der Waals surface area contributed by atoms with Gasteiger partial charge in [0.05, 0.1) is 13.3 Å². The summed E-state index contributed by atoms with van der Waals surface area (Å²) in [6.07, 6.45) is 7.16. The molecule has 0 spiro atoms. The lowest BCUT2D eigenvalue weighted by atomic mass is 9.98. The Balaban J connectivity index is 1.56. The van der Waals surface area contributed by atoms with Gasteiger partial charge in [0.2, 0.25) is 0 Å². The van der Waals surface area contributed by atoms with Crippen molar-refractivity contribution in [2.75, 3.05) is 31.6 Å². The molecule has 1 saturated heterocycles. The van der Waals surface area contributed by atoms with Gasteiger partial charge in [0.1, 0.15) is 11.6 Å². The largest absolute Gasteiger partial charge is 0.495 e. The summed E-state index contributed by atoms with van der Waals surface area (Å²) in [5.74, 6) is 2.67. The van der Waals surface area contributed by atoms with E-state index in [0.29, 0.717) is 0 Å². The molecule has 1 atom stereocenters. The standard InChI is InChI=1S/C15H23N3O/c1-19-14-6-7-15(17-10-14)18-8-2-3-12(11-18)9-16-13-4-5-13/h6-7,10,12-13,16H,2-5,8-9,11H2,1H3. The van der Waals surface area contributed by atoms with Crippen molar-refractivity contribution in [3.05, 3.63) is 18.3 Å². The second-order valence-corrected chi connectivity index (χ2v) is 5.69. The normalized spacial score (nSPS) is 23.4. The van der Waals surface area contributed by atoms with Gasteiger partial charge in [-0.1, -0.05) is 0 Å². The number of pyridine rings is 1. The molecule has 19 heavy (non-hydrogen) atoms. The summed E-state index contributed by atoms with van der Waals surface area (Å²) in [7, 11) is 1.68. The lowest BCUT2D eigenvalue weighted by molar-refractivity contribution is 0.388. The number of nitrogens with zero attached hydrogens (tertiary/aromatic N) is 2. The first-order valence-corrected chi connectivity index (χ1v) is 7.33. The number of methoxy groups -OCH3 is 1. The fourth-order valence-electron chi connectivity index (χ4n) is 2.74. The maximum Gasteiger partial charge on any atom is 0.137 e. The van der Waals surface area contributed by atoms with E-state index in [1.165, 1.54) is 25.7 Å². The summed E-state index contributed by atoms with van der Waals surface area (Å²) in [6, 6.07) is 4.87. The first-order chi connectivity index (χ1) is 9.35. The number of ether oxygens (including phenoxy) is 1. The van der Waals surface area contributed by atoms with Crippen LogP contribution in [0.25, 0.3) is 0 Å². The average molecular weight is 261 g/mol. The molecule has 4 heteroatoms. The van der Waals surface area contributed by atoms with Crippen molar-refractivity contribution in [2.24, 2.45) is 5.92 Å². The third kappa shape index (κ3) is 3.38. The quantitative estimate of drug-likeness (QED) is 0.880. The fraction of sp³-hybridized carbons (Fsp3) is 0.667. The Morgan fingerprint density at radius 3 is 2.95 bits per heavy atom. The van der Waals surface area contributed by atoms with Gasteiger partial charge in [0, 0.05) is 19.1 Å². The second-order valence-electron chi connectivity index (χ2n) is 5.69. The first kappa shape index (κ1) is 12.7. The molecule has 2 aliphatic rings. The lowest BCUT2D eigenvalue weighted by Gasteiger charge is -2.33. The topological polar surface area (TPSA) is 37.4 Å². The predicted molar refractivity (Wildman–Crippen MR) is 76.8 cm³/mol. The zero-order chi connectivity index (χ0) is 13.1. The summed E-state index contributed by atoms with van der Waals surface area (Å²) in [5.41, 5.74) is 0. The van der Waals surface area contributed by atoms with Crippen LogP contribution in [-0.4, -0.2) is 37.8 Å². The fourth-order valence-corrected chi connectivity index (χ4v) is 2.74. The number of hydrogen-bond donors (Lipinski definition) is 1. The SMILES string of the molecule is COc1ccc(N2CCCC(CNC3CC3)C2)nc1. The summed E-state index contributed by atoms with van der Waals surface area (Å²) < 4.78 is 5.16. The molecule has 1 aromatic rings. The first-order valence-electron chi connectivity index (χ1n) is 7.33. The molecular weight excluding hydrogens is 238 g/mol. The number of hydrogen-bond acceptors (Lipinski definition) is 4. The molecule has 1 unspecified atom stereocenters. The van der Waals surface area contributed by atoms with Gasteiger partial charge in [-0.05, 0) is 50.3 Å². The average Bonchev–Trinajstić information content (AvgIpc) is 3.30. The molecule has 1 saturated carbocycles. The van der Waals surface area contributed by atoms with E-state index in [1.807, 2.05) is 6.07 Å². The molecule has 4 nitrogen and oxygen atoms in total. The number of aromatic nitrogens is 1. The van der Waals surface area contributed by atoms with Crippen molar-refractivity contribution >= 4 is 5.82 Å². The third-order valence-corrected chi connectivity index (χ3v) is 4.07. The van der Waals surface area contributed by atoms with Crippen molar-refractivity contribution < 1.29 is 4.74 Å². The Kier molecular flexibility index (Phi) is 3.87. The van der Waals surface area contributed by atoms with Crippen LogP contribution in [-0.2, 0) is 0 Å². The van der Waals surface area contributed by atoms with Crippen LogP contribution >= 0.6 is 0 Å². The molecule has 0 bridgehead atoms. The number of piperidine rings is 1. The molecule has 104 valence electrons. The Morgan fingerprint density at radius 1 is 1.37 bits per heavy atom. The number of anilines is 1. The van der Waals surface area contributed by atoms with Crippen molar-refractivity contribution in [1.82, 2.24) is 10.3 Å². The van der Waals surface area contributed by atoms with E-state index in [1.54, 1.807) is 13.3 Å². The van der Waals surface area contributed by atoms with Gasteiger partial charge in [-0.3, -0.25) is 0 Å². The van der Waals surface area contributed by atoms with E-state index >= 15 is 0 Å². The van der Waals surface area contributed by atoms with Crippen molar-refractivity contribution in [3.63, 3.8) is 0 Å². The van der Waals surface area contributed by atoms with Crippen molar-refractivity contribution in [1.29, 1.82) is 0 Å². The van der Waals surface area contributed by atoms with Gasteiger partial charge in [-0.15, -0.1) is 0 Å². The van der Waals surface area contributed by atoms with Gasteiger partial charge >= 0.3 is 0 Å². The maximum atomic E-state index is 5.16. The molecule has 1 aliphatic carbocycles. The minimum Gasteiger partial charge on any atom is -0.495 e. The van der Waals surface area contributed by atoms with Crippen LogP contribution in [0.4, 0.5) is 5.82 Å². The maximum absolute atomic E-state index is 5.16. The molecule has 0 aromatic carbocycles.